The molecule has 0 saturated heterocycles. The largest absolute Gasteiger partial charge is 0.504 e. The number of aliphatic hydroxyl groups is 3. The van der Waals surface area contributed by atoms with Gasteiger partial charge in [0.1, 0.15) is 0 Å². The predicted molar refractivity (Wildman–Crippen MR) is 166 cm³/mol. The Morgan fingerprint density at radius 2 is 0.635 bits per heavy atom. The molecule has 0 aromatic carbocycles. The molecule has 0 aromatic rings. The molecule has 1 radical (unpaired) electrons. The van der Waals surface area contributed by atoms with E-state index in [2.05, 4.69) is 0 Å². The normalized spacial score (nSPS) is 38.0. The van der Waals surface area contributed by atoms with Gasteiger partial charge in [-0.2, -0.15) is 39.5 Å². The van der Waals surface area contributed by atoms with Gasteiger partial charge >= 0.3 is 18.5 Å². The van der Waals surface area contributed by atoms with Crippen molar-refractivity contribution in [3.8, 4) is 0 Å². The molecule has 6 aliphatic carbocycles. The number of carbonyl (C=O) groups excluding carboxylic acids is 3. The fourth-order valence-corrected chi connectivity index (χ4v) is 9.88. The van der Waals surface area contributed by atoms with E-state index in [0.717, 1.165) is 0 Å². The van der Waals surface area contributed by atoms with E-state index in [-0.39, 0.29) is 49.4 Å². The van der Waals surface area contributed by atoms with Crippen molar-refractivity contribution in [2.75, 3.05) is 0 Å². The topological polar surface area (TPSA) is 112 Å². The van der Waals surface area contributed by atoms with Crippen molar-refractivity contribution in [2.24, 2.45) is 50.2 Å². The number of fused-ring (bicyclic) bond motifs is 6. The number of Topliss-reactive ketones (excluding diaryl/α,β-unsaturated/α-hetero) is 3. The second-order valence-corrected chi connectivity index (χ2v) is 17.2. The number of hydrogen-bond acceptors (Lipinski definition) is 6. The summed E-state index contributed by atoms with van der Waals surface area (Å²) in [6.07, 6.45) is -11.1. The van der Waals surface area contributed by atoms with Crippen LogP contribution in [-0.4, -0.2) is 51.2 Å². The number of aliphatic hydroxyl groups excluding tert-OH is 3. The number of carbonyl (C=O) groups is 3. The Bertz CT molecular complexity index is 1460. The molecule has 295 valence electrons. The minimum atomic E-state index is -4.83. The summed E-state index contributed by atoms with van der Waals surface area (Å²) in [4.78, 5) is 36.2. The van der Waals surface area contributed by atoms with E-state index < -0.39 is 120 Å². The fraction of sp³-hybridized carbons (Fsp3) is 0.750. The SMILES string of the molecule is CC12CCC(/C(=C(\O)C(F)(F)F)C1=O)C2(C)C.CC12CCC(/C(=C(\O)C(F)(F)F)C1=O)C2(C)C.CC12CCC(/C(=C(\O)C(F)(F)F)C1=O)C2(C)C.[Eu]. The molecule has 0 aromatic heterocycles. The molecule has 0 spiro atoms. The first-order valence-corrected chi connectivity index (χ1v) is 16.8. The second-order valence-electron chi connectivity index (χ2n) is 17.2. The Morgan fingerprint density at radius 3 is 0.750 bits per heavy atom. The molecular weight excluding hydrogens is 851 g/mol. The van der Waals surface area contributed by atoms with E-state index in [9.17, 15) is 69.2 Å². The third-order valence-electron chi connectivity index (χ3n) is 14.5. The quantitative estimate of drug-likeness (QED) is 0.127. The molecule has 6 fully saturated rings. The van der Waals surface area contributed by atoms with Crippen LogP contribution < -0.4 is 0 Å². The van der Waals surface area contributed by atoms with E-state index in [4.69, 9.17) is 0 Å². The molecule has 3 N–H and O–H groups in total. The van der Waals surface area contributed by atoms with Crippen molar-refractivity contribution in [3.05, 3.63) is 34.0 Å². The maximum atomic E-state index is 12.5. The zero-order chi connectivity index (χ0) is 39.7. The van der Waals surface area contributed by atoms with Crippen molar-refractivity contribution in [2.45, 2.75) is 119 Å². The monoisotopic (exact) mass is 897 g/mol. The van der Waals surface area contributed by atoms with Gasteiger partial charge in [-0.15, -0.1) is 0 Å². The third-order valence-corrected chi connectivity index (χ3v) is 14.5. The van der Waals surface area contributed by atoms with Gasteiger partial charge in [0.25, 0.3) is 0 Å². The molecule has 6 unspecified atom stereocenters. The van der Waals surface area contributed by atoms with E-state index in [1.165, 1.54) is 0 Å². The standard InChI is InChI=1S/3C12H15F3O2.Eu/c3*1-10(2)6-4-5-11(10,3)8(16)7(6)9(17)12(13,14)15;/h3*6,17H,4-5H2,1-3H3;/b3*9-7+;. The maximum Gasteiger partial charge on any atom is 0.449 e. The van der Waals surface area contributed by atoms with Gasteiger partial charge in [-0.05, 0) is 72.5 Å². The number of rotatable bonds is 0. The van der Waals surface area contributed by atoms with Gasteiger partial charge in [0, 0.05) is 82.3 Å². The van der Waals surface area contributed by atoms with Crippen LogP contribution in [0.5, 0.6) is 0 Å². The van der Waals surface area contributed by atoms with Crippen LogP contribution in [0.15, 0.2) is 34.0 Å². The van der Waals surface area contributed by atoms with E-state index in [1.807, 2.05) is 0 Å². The molecule has 0 amide bonds. The summed E-state index contributed by atoms with van der Waals surface area (Å²) in [5, 5.41) is 27.8. The molecule has 6 bridgehead atoms. The van der Waals surface area contributed by atoms with Crippen LogP contribution in [0.1, 0.15) is 101 Å². The Labute approximate surface area is 337 Å². The van der Waals surface area contributed by atoms with Crippen LogP contribution in [0.4, 0.5) is 39.5 Å². The van der Waals surface area contributed by atoms with Crippen molar-refractivity contribution < 1.29 is 119 Å². The predicted octanol–water partition coefficient (Wildman–Crippen LogP) is 10.2. The van der Waals surface area contributed by atoms with Gasteiger partial charge in [-0.1, -0.05) is 62.3 Å². The van der Waals surface area contributed by atoms with E-state index in [0.29, 0.717) is 38.5 Å². The summed E-state index contributed by atoms with van der Waals surface area (Å²) in [5.41, 5.74) is -5.08. The minimum absolute atomic E-state index is 0. The van der Waals surface area contributed by atoms with Crippen molar-refractivity contribution in [1.82, 2.24) is 0 Å². The Kier molecular flexibility index (Phi) is 11.3. The minimum Gasteiger partial charge on any atom is -0.504 e. The van der Waals surface area contributed by atoms with Crippen molar-refractivity contribution >= 4 is 17.3 Å². The average Bonchev–Trinajstić information content (AvgIpc) is 3.59. The summed E-state index contributed by atoms with van der Waals surface area (Å²) < 4.78 is 113. The first-order chi connectivity index (χ1) is 22.6. The number of allylic oxidation sites excluding steroid dienone is 6. The number of halogens is 9. The number of alkyl halides is 9. The van der Waals surface area contributed by atoms with Crippen LogP contribution in [0.3, 0.4) is 0 Å². The van der Waals surface area contributed by atoms with E-state index in [1.54, 1.807) is 62.3 Å². The van der Waals surface area contributed by atoms with Crippen LogP contribution in [0.2, 0.25) is 0 Å². The second kappa shape index (κ2) is 13.1. The number of ketones is 3. The molecule has 0 aliphatic heterocycles. The molecule has 6 saturated carbocycles. The molecule has 0 heterocycles. The van der Waals surface area contributed by atoms with E-state index >= 15 is 0 Å². The van der Waals surface area contributed by atoms with Gasteiger partial charge in [0.15, 0.2) is 17.3 Å². The van der Waals surface area contributed by atoms with Gasteiger partial charge in [0.2, 0.25) is 17.3 Å². The molecule has 6 rings (SSSR count). The molecule has 16 heteroatoms. The maximum absolute atomic E-state index is 12.5. The van der Waals surface area contributed by atoms with Gasteiger partial charge in [0.05, 0.1) is 0 Å². The third kappa shape index (κ3) is 6.16. The summed E-state index contributed by atoms with van der Waals surface area (Å²) in [7, 11) is 0. The zero-order valence-corrected chi connectivity index (χ0v) is 32.7. The molecular formula is C36H45EuF9O6. The van der Waals surface area contributed by atoms with Crippen molar-refractivity contribution in [1.29, 1.82) is 0 Å². The van der Waals surface area contributed by atoms with Crippen LogP contribution in [0.25, 0.3) is 0 Å². The summed E-state index contributed by atoms with van der Waals surface area (Å²) >= 11 is 0. The van der Waals surface area contributed by atoms with Crippen LogP contribution >= 0.6 is 0 Å². The smallest absolute Gasteiger partial charge is 0.449 e. The van der Waals surface area contributed by atoms with Crippen molar-refractivity contribution in [3.63, 3.8) is 0 Å². The molecule has 6 atom stereocenters. The van der Waals surface area contributed by atoms with Crippen LogP contribution in [0, 0.1) is 99.6 Å². The summed E-state index contributed by atoms with van der Waals surface area (Å²) in [6, 6.07) is 0. The molecule has 6 nitrogen and oxygen atoms in total. The number of hydrogen-bond donors (Lipinski definition) is 3. The van der Waals surface area contributed by atoms with Gasteiger partial charge in [-0.3, -0.25) is 14.4 Å². The molecule has 6 aliphatic rings. The van der Waals surface area contributed by atoms with Crippen LogP contribution in [-0.2, 0) is 14.4 Å². The average molecular weight is 897 g/mol. The first-order valence-electron chi connectivity index (χ1n) is 16.8. The van der Waals surface area contributed by atoms with Gasteiger partial charge in [-0.25, -0.2) is 0 Å². The van der Waals surface area contributed by atoms with Gasteiger partial charge < -0.3 is 15.3 Å². The molecule has 52 heavy (non-hydrogen) atoms. The summed E-state index contributed by atoms with van der Waals surface area (Å²) in [5.74, 6) is -8.13. The Morgan fingerprint density at radius 1 is 0.462 bits per heavy atom. The first kappa shape index (κ1) is 45.0. The Hall–Kier alpha value is -1.42. The Balaban J connectivity index is 0.000000208. The fourth-order valence-electron chi connectivity index (χ4n) is 9.88. The zero-order valence-electron chi connectivity index (χ0n) is 30.3. The summed E-state index contributed by atoms with van der Waals surface area (Å²) in [6.45, 7) is 15.9.